The van der Waals surface area contributed by atoms with Crippen molar-refractivity contribution in [3.05, 3.63) is 188 Å². The second kappa shape index (κ2) is 12.0. The number of hydrogen-bond donors (Lipinski definition) is 0. The average molecular weight is 734 g/mol. The van der Waals surface area contributed by atoms with E-state index in [1.54, 1.807) is 0 Å². The number of benzene rings is 8. The van der Waals surface area contributed by atoms with Crippen molar-refractivity contribution < 1.29 is 0 Å². The Hall–Kier alpha value is -5.56. The van der Waals surface area contributed by atoms with Crippen LogP contribution in [0, 0.1) is 0 Å². The molecule has 4 heteroatoms. The molecule has 10 rings (SSSR count). The summed E-state index contributed by atoms with van der Waals surface area (Å²) < 4.78 is 2.41. The van der Waals surface area contributed by atoms with Crippen molar-refractivity contribution in [2.24, 2.45) is 0 Å². The Labute approximate surface area is 303 Å². The number of rotatable bonds is 5. The van der Waals surface area contributed by atoms with Crippen LogP contribution in [0.15, 0.2) is 188 Å². The van der Waals surface area contributed by atoms with Gasteiger partial charge in [-0.15, -0.1) is 0 Å². The quantitative estimate of drug-likeness (QED) is 0.0745. The van der Waals surface area contributed by atoms with E-state index in [2.05, 4.69) is 208 Å². The molecule has 0 aliphatic carbocycles. The number of pyridine rings is 1. The van der Waals surface area contributed by atoms with Crippen LogP contribution in [0.3, 0.4) is 0 Å². The van der Waals surface area contributed by atoms with Crippen LogP contribution >= 0.6 is 5.51 Å². The van der Waals surface area contributed by atoms with Crippen molar-refractivity contribution in [2.75, 3.05) is 0 Å². The van der Waals surface area contributed by atoms with Crippen LogP contribution in [0.25, 0.3) is 71.4 Å². The topological polar surface area (TPSA) is 17.3 Å². The minimum atomic E-state index is -2.10. The van der Waals surface area contributed by atoms with Gasteiger partial charge in [-0.3, -0.25) is 0 Å². The molecule has 0 spiro atoms. The van der Waals surface area contributed by atoms with Crippen molar-refractivity contribution in [2.45, 2.75) is 0 Å². The first-order valence-electron chi connectivity index (χ1n) is 17.2. The molecule has 0 N–H and O–H groups in total. The summed E-state index contributed by atoms with van der Waals surface area (Å²) in [5.74, 6) is 0. The number of imidazole rings is 1. The van der Waals surface area contributed by atoms with Gasteiger partial charge in [-0.25, -0.2) is 0 Å². The molecular weight excluding hydrogens is 702 g/mol. The van der Waals surface area contributed by atoms with Gasteiger partial charge in [0.1, 0.15) is 0 Å². The molecule has 2 nitrogen and oxygen atoms in total. The van der Waals surface area contributed by atoms with Gasteiger partial charge in [0.05, 0.1) is 0 Å². The first kappa shape index (κ1) is 30.3. The molecule has 0 amide bonds. The van der Waals surface area contributed by atoms with Crippen molar-refractivity contribution in [1.29, 1.82) is 0 Å². The molecular formula is C47H31N2PSe. The molecule has 0 saturated heterocycles. The second-order valence-corrected chi connectivity index (χ2v) is 19.4. The zero-order valence-electron chi connectivity index (χ0n) is 27.6. The molecule has 240 valence electrons. The van der Waals surface area contributed by atoms with Crippen molar-refractivity contribution >= 4 is 85.6 Å². The standard InChI is InChI=1S/C47H31N2PSe/c51-50(38-16-6-2-7-17-38,39-18-8-3-9-19-39)40-25-26-41-42-28-35-14-10-11-15-36(35)29-43(42)47-48-44-27-24-37(30-46(44)49(47)45(41)31-40)34-22-20-33(21-23-34)32-12-4-1-5-13-32/h1-31H. The van der Waals surface area contributed by atoms with E-state index in [1.165, 1.54) is 59.7 Å². The fourth-order valence-electron chi connectivity index (χ4n) is 7.66. The fourth-order valence-corrected chi connectivity index (χ4v) is 12.6. The van der Waals surface area contributed by atoms with Crippen molar-refractivity contribution in [1.82, 2.24) is 9.38 Å². The molecule has 51 heavy (non-hydrogen) atoms. The zero-order chi connectivity index (χ0) is 33.9. The molecule has 8 aromatic carbocycles. The Bertz CT molecular complexity index is 2930. The van der Waals surface area contributed by atoms with Gasteiger partial charge in [-0.1, -0.05) is 30.3 Å². The molecule has 0 bridgehead atoms. The van der Waals surface area contributed by atoms with Crippen molar-refractivity contribution in [3.63, 3.8) is 0 Å². The summed E-state index contributed by atoms with van der Waals surface area (Å²) >= 11 is 3.78. The third-order valence-corrected chi connectivity index (χ3v) is 17.3. The Morgan fingerprint density at radius 1 is 0.392 bits per heavy atom. The molecule has 0 radical (unpaired) electrons. The van der Waals surface area contributed by atoms with E-state index in [4.69, 9.17) is 4.98 Å². The molecule has 0 saturated carbocycles. The number of fused-ring (bicyclic) bond motifs is 9. The van der Waals surface area contributed by atoms with Crippen LogP contribution < -0.4 is 15.9 Å². The minimum absolute atomic E-state index is 0.982. The summed E-state index contributed by atoms with van der Waals surface area (Å²) in [7, 11) is 0. The predicted octanol–water partition coefficient (Wildman–Crippen LogP) is 10.7. The summed E-state index contributed by atoms with van der Waals surface area (Å²) in [6.45, 7) is 0. The summed E-state index contributed by atoms with van der Waals surface area (Å²) in [6, 6.07) is 68.5. The van der Waals surface area contributed by atoms with Crippen LogP contribution in [-0.2, 0) is 0 Å². The monoisotopic (exact) mass is 734 g/mol. The maximum absolute atomic E-state index is 5.36. The molecule has 0 fully saturated rings. The van der Waals surface area contributed by atoms with Crippen LogP contribution in [-0.4, -0.2) is 24.5 Å². The maximum atomic E-state index is 5.36. The van der Waals surface area contributed by atoms with Gasteiger partial charge in [-0.05, 0) is 5.56 Å². The molecule has 2 aromatic heterocycles. The predicted molar refractivity (Wildman–Crippen MR) is 221 cm³/mol. The van der Waals surface area contributed by atoms with E-state index in [0.29, 0.717) is 0 Å². The zero-order valence-corrected chi connectivity index (χ0v) is 30.3. The van der Waals surface area contributed by atoms with Gasteiger partial charge in [-0.2, -0.15) is 0 Å². The van der Waals surface area contributed by atoms with E-state index in [9.17, 15) is 0 Å². The molecule has 0 aliphatic heterocycles. The number of aromatic nitrogens is 2. The van der Waals surface area contributed by atoms with Crippen LogP contribution in [0.4, 0.5) is 0 Å². The van der Waals surface area contributed by atoms with E-state index in [1.807, 2.05) is 0 Å². The third kappa shape index (κ3) is 4.93. The first-order chi connectivity index (χ1) is 25.1. The normalized spacial score (nSPS) is 12.0. The van der Waals surface area contributed by atoms with E-state index < -0.39 is 5.51 Å². The molecule has 10 aromatic rings. The summed E-state index contributed by atoms with van der Waals surface area (Å²) in [5, 5.41) is 9.98. The Morgan fingerprint density at radius 3 is 1.57 bits per heavy atom. The van der Waals surface area contributed by atoms with E-state index in [-0.39, 0.29) is 0 Å². The third-order valence-electron chi connectivity index (χ3n) is 10.2. The summed E-state index contributed by atoms with van der Waals surface area (Å²) in [4.78, 5) is 5.36. The molecule has 0 aliphatic rings. The Balaban J connectivity index is 1.27. The molecule has 0 atom stereocenters. The van der Waals surface area contributed by atoms with Crippen LogP contribution in [0.2, 0.25) is 0 Å². The van der Waals surface area contributed by atoms with Gasteiger partial charge in [0.25, 0.3) is 0 Å². The van der Waals surface area contributed by atoms with Gasteiger partial charge in [0, 0.05) is 0 Å². The molecule has 2 heterocycles. The molecule has 0 unspecified atom stereocenters. The van der Waals surface area contributed by atoms with Gasteiger partial charge >= 0.3 is 269 Å². The average Bonchev–Trinajstić information content (AvgIpc) is 3.60. The number of nitrogens with zero attached hydrogens (tertiary/aromatic N) is 2. The number of hydrogen-bond acceptors (Lipinski definition) is 1. The van der Waals surface area contributed by atoms with Crippen LogP contribution in [0.1, 0.15) is 0 Å². The van der Waals surface area contributed by atoms with E-state index in [0.717, 1.165) is 27.6 Å². The Kier molecular flexibility index (Phi) is 7.15. The van der Waals surface area contributed by atoms with Gasteiger partial charge < -0.3 is 0 Å². The Morgan fingerprint density at radius 2 is 0.922 bits per heavy atom. The second-order valence-electron chi connectivity index (χ2n) is 13.1. The van der Waals surface area contributed by atoms with Crippen LogP contribution in [0.5, 0.6) is 0 Å². The first-order valence-corrected chi connectivity index (χ1v) is 21.2. The van der Waals surface area contributed by atoms with Crippen molar-refractivity contribution in [3.8, 4) is 22.3 Å². The fraction of sp³-hybridized carbons (Fsp3) is 0. The summed E-state index contributed by atoms with van der Waals surface area (Å²) in [6.07, 6.45) is 0. The summed E-state index contributed by atoms with van der Waals surface area (Å²) in [5.41, 5.74) is 6.94. The SMILES string of the molecule is [Se]=P(c1ccccc1)(c1ccccc1)c1ccc2c3cc4ccccc4cc3c3nc4ccc(-c5ccc(-c6ccccc6)cc5)cc4n3c2c1. The van der Waals surface area contributed by atoms with E-state index >= 15 is 0 Å². The van der Waals surface area contributed by atoms with Gasteiger partial charge in [0.2, 0.25) is 0 Å². The van der Waals surface area contributed by atoms with Gasteiger partial charge in [0.15, 0.2) is 0 Å².